The number of β-amino-alcohol motifs (C(OH)–C–C–N with tert-alkyl or cyclic N) is 2. The summed E-state index contributed by atoms with van der Waals surface area (Å²) in [6.07, 6.45) is -3.46. The van der Waals surface area contributed by atoms with Gasteiger partial charge < -0.3 is 25.5 Å². The van der Waals surface area contributed by atoms with Crippen LogP contribution >= 0.6 is 12.4 Å². The second-order valence-corrected chi connectivity index (χ2v) is 3.52. The number of piperidine rings is 1. The second-order valence-electron chi connectivity index (χ2n) is 3.52. The molecule has 1 aliphatic rings. The molecule has 6 nitrogen and oxygen atoms in total. The first-order valence-electron chi connectivity index (χ1n) is 4.61. The zero-order valence-electron chi connectivity index (χ0n) is 8.23. The molecule has 1 aliphatic heterocycles. The lowest BCUT2D eigenvalue weighted by atomic mass is 9.94. The Kier molecular flexibility index (Phi) is 6.62. The van der Waals surface area contributed by atoms with E-state index < -0.39 is 24.4 Å². The Bertz CT molecular complexity index is 184. The molecule has 1 fully saturated rings. The van der Waals surface area contributed by atoms with Gasteiger partial charge in [0.2, 0.25) is 0 Å². The van der Waals surface area contributed by atoms with E-state index in [1.54, 1.807) is 4.90 Å². The summed E-state index contributed by atoms with van der Waals surface area (Å²) in [6, 6.07) is -0.624. The van der Waals surface area contributed by atoms with Crippen molar-refractivity contribution in [2.75, 3.05) is 26.3 Å². The molecule has 0 unspecified atom stereocenters. The van der Waals surface area contributed by atoms with E-state index in [4.69, 9.17) is 10.2 Å². The summed E-state index contributed by atoms with van der Waals surface area (Å²) in [4.78, 5) is 1.56. The van der Waals surface area contributed by atoms with Gasteiger partial charge in [-0.25, -0.2) is 0 Å². The summed E-state index contributed by atoms with van der Waals surface area (Å²) >= 11 is 0. The molecule has 0 bridgehead atoms. The van der Waals surface area contributed by atoms with Crippen LogP contribution in [-0.2, 0) is 0 Å². The number of likely N-dealkylation sites (tertiary alicyclic amines) is 1. The Balaban J connectivity index is 0.00000196. The van der Waals surface area contributed by atoms with Crippen LogP contribution in [0.1, 0.15) is 0 Å². The molecule has 1 heterocycles. The minimum absolute atomic E-state index is 0. The van der Waals surface area contributed by atoms with Gasteiger partial charge >= 0.3 is 0 Å². The summed E-state index contributed by atoms with van der Waals surface area (Å²) in [5.41, 5.74) is 0. The summed E-state index contributed by atoms with van der Waals surface area (Å²) in [5.74, 6) is 0. The molecule has 1 rings (SSSR count). The maximum Gasteiger partial charge on any atom is 0.109 e. The molecule has 0 amide bonds. The standard InChI is InChI=1S/C8H17NO5.ClH/c10-2-1-9-3-6(12)8(14)7(13)5(9)4-11;/h5-8,10-14H,1-4H2;1H/t5-,6+,7-,8-;/m1./s1. The molecule has 0 saturated carbocycles. The number of hydrogen-bond donors (Lipinski definition) is 5. The van der Waals surface area contributed by atoms with Gasteiger partial charge in [0.15, 0.2) is 0 Å². The smallest absolute Gasteiger partial charge is 0.109 e. The molecular formula is C8H18ClNO5. The van der Waals surface area contributed by atoms with Gasteiger partial charge in [-0.2, -0.15) is 0 Å². The fraction of sp³-hybridized carbons (Fsp3) is 1.00. The molecule has 0 aromatic heterocycles. The Morgan fingerprint density at radius 3 is 2.13 bits per heavy atom. The van der Waals surface area contributed by atoms with Gasteiger partial charge in [-0.3, -0.25) is 4.90 Å². The van der Waals surface area contributed by atoms with Crippen molar-refractivity contribution in [3.63, 3.8) is 0 Å². The van der Waals surface area contributed by atoms with Gasteiger partial charge in [0.05, 0.1) is 25.4 Å². The van der Waals surface area contributed by atoms with E-state index in [1.165, 1.54) is 0 Å². The number of nitrogens with zero attached hydrogens (tertiary/aromatic N) is 1. The highest BCUT2D eigenvalue weighted by molar-refractivity contribution is 5.85. The number of hydrogen-bond acceptors (Lipinski definition) is 6. The lowest BCUT2D eigenvalue weighted by Crippen LogP contribution is -2.62. The van der Waals surface area contributed by atoms with Crippen molar-refractivity contribution >= 4 is 12.4 Å². The van der Waals surface area contributed by atoms with Gasteiger partial charge in [0, 0.05) is 13.1 Å². The Labute approximate surface area is 94.2 Å². The molecule has 1 saturated heterocycles. The maximum absolute atomic E-state index is 9.51. The predicted octanol–water partition coefficient (Wildman–Crippen LogP) is -2.84. The molecule has 15 heavy (non-hydrogen) atoms. The van der Waals surface area contributed by atoms with Crippen molar-refractivity contribution in [2.45, 2.75) is 24.4 Å². The van der Waals surface area contributed by atoms with E-state index in [0.717, 1.165) is 0 Å². The van der Waals surface area contributed by atoms with Crippen molar-refractivity contribution < 1.29 is 25.5 Å². The molecule has 0 spiro atoms. The topological polar surface area (TPSA) is 104 Å². The Morgan fingerprint density at radius 1 is 1.07 bits per heavy atom. The minimum atomic E-state index is -1.23. The maximum atomic E-state index is 9.51. The predicted molar refractivity (Wildman–Crippen MR) is 54.8 cm³/mol. The summed E-state index contributed by atoms with van der Waals surface area (Å²) in [7, 11) is 0. The number of halogens is 1. The largest absolute Gasteiger partial charge is 0.395 e. The third-order valence-electron chi connectivity index (χ3n) is 2.60. The van der Waals surface area contributed by atoms with Crippen LogP contribution in [0.15, 0.2) is 0 Å². The van der Waals surface area contributed by atoms with Crippen LogP contribution in [0, 0.1) is 0 Å². The van der Waals surface area contributed by atoms with Crippen molar-refractivity contribution in [3.05, 3.63) is 0 Å². The first kappa shape index (κ1) is 15.0. The Morgan fingerprint density at radius 2 is 1.67 bits per heavy atom. The molecule has 5 N–H and O–H groups in total. The molecule has 4 atom stereocenters. The summed E-state index contributed by atoms with van der Waals surface area (Å²) < 4.78 is 0. The van der Waals surface area contributed by atoms with Crippen LogP contribution < -0.4 is 0 Å². The lowest BCUT2D eigenvalue weighted by molar-refractivity contribution is -0.146. The molecule has 0 aliphatic carbocycles. The summed E-state index contributed by atoms with van der Waals surface area (Å²) in [5, 5.41) is 45.9. The first-order valence-corrected chi connectivity index (χ1v) is 4.61. The van der Waals surface area contributed by atoms with Crippen LogP contribution in [0.25, 0.3) is 0 Å². The van der Waals surface area contributed by atoms with Gasteiger partial charge in [0.25, 0.3) is 0 Å². The molecule has 0 aromatic carbocycles. The molecule has 7 heteroatoms. The van der Waals surface area contributed by atoms with Crippen molar-refractivity contribution in [1.29, 1.82) is 0 Å². The molecule has 92 valence electrons. The van der Waals surface area contributed by atoms with Crippen LogP contribution in [-0.4, -0.2) is 81.1 Å². The highest BCUT2D eigenvalue weighted by atomic mass is 35.5. The molecular weight excluding hydrogens is 226 g/mol. The van der Waals surface area contributed by atoms with E-state index in [-0.39, 0.29) is 38.7 Å². The average Bonchev–Trinajstić information content (AvgIpc) is 2.16. The highest BCUT2D eigenvalue weighted by Gasteiger charge is 2.40. The highest BCUT2D eigenvalue weighted by Crippen LogP contribution is 2.18. The van der Waals surface area contributed by atoms with Gasteiger partial charge in [-0.05, 0) is 0 Å². The lowest BCUT2D eigenvalue weighted by Gasteiger charge is -2.42. The minimum Gasteiger partial charge on any atom is -0.395 e. The third kappa shape index (κ3) is 3.25. The normalized spacial score (nSPS) is 37.4. The molecule has 0 aromatic rings. The number of aliphatic hydroxyl groups excluding tert-OH is 5. The van der Waals surface area contributed by atoms with Crippen LogP contribution in [0.3, 0.4) is 0 Å². The van der Waals surface area contributed by atoms with Gasteiger partial charge in [-0.15, -0.1) is 12.4 Å². The van der Waals surface area contributed by atoms with E-state index >= 15 is 0 Å². The van der Waals surface area contributed by atoms with E-state index in [2.05, 4.69) is 0 Å². The Hall–Kier alpha value is 0.0500. The first-order chi connectivity index (χ1) is 6.61. The van der Waals surface area contributed by atoms with Crippen LogP contribution in [0.4, 0.5) is 0 Å². The van der Waals surface area contributed by atoms with Crippen molar-refractivity contribution in [1.82, 2.24) is 4.90 Å². The zero-order valence-corrected chi connectivity index (χ0v) is 9.05. The van der Waals surface area contributed by atoms with Crippen LogP contribution in [0.2, 0.25) is 0 Å². The number of aliphatic hydroxyl groups is 5. The fourth-order valence-electron chi connectivity index (χ4n) is 1.76. The van der Waals surface area contributed by atoms with Gasteiger partial charge in [0.1, 0.15) is 12.2 Å². The van der Waals surface area contributed by atoms with Crippen molar-refractivity contribution in [3.8, 4) is 0 Å². The van der Waals surface area contributed by atoms with Gasteiger partial charge in [-0.1, -0.05) is 0 Å². The second kappa shape index (κ2) is 6.59. The zero-order chi connectivity index (χ0) is 10.7. The van der Waals surface area contributed by atoms with E-state index in [0.29, 0.717) is 0 Å². The fourth-order valence-corrected chi connectivity index (χ4v) is 1.76. The summed E-state index contributed by atoms with van der Waals surface area (Å²) in [6.45, 7) is -0.0347. The SMILES string of the molecule is Cl.OCCN1C[C@H](O)[C@@H](O)[C@H](O)[C@H]1CO. The average molecular weight is 244 g/mol. The van der Waals surface area contributed by atoms with Crippen molar-refractivity contribution in [2.24, 2.45) is 0 Å². The van der Waals surface area contributed by atoms with E-state index in [1.807, 2.05) is 0 Å². The monoisotopic (exact) mass is 243 g/mol. The van der Waals surface area contributed by atoms with Crippen LogP contribution in [0.5, 0.6) is 0 Å². The van der Waals surface area contributed by atoms with E-state index in [9.17, 15) is 15.3 Å². The number of rotatable bonds is 3. The molecule has 0 radical (unpaired) electrons. The quantitative estimate of drug-likeness (QED) is 0.366. The third-order valence-corrected chi connectivity index (χ3v) is 2.60.